The molecule has 2 rings (SSSR count). The lowest BCUT2D eigenvalue weighted by atomic mass is 10.1. The van der Waals surface area contributed by atoms with Crippen molar-refractivity contribution < 1.29 is 23.8 Å². The average molecular weight is 459 g/mol. The molecule has 0 aliphatic rings. The van der Waals surface area contributed by atoms with Crippen molar-refractivity contribution in [3.63, 3.8) is 0 Å². The summed E-state index contributed by atoms with van der Waals surface area (Å²) in [6.45, 7) is 3.49. The fraction of sp³-hybridized carbons (Fsp3) is 0.190. The van der Waals surface area contributed by atoms with Gasteiger partial charge in [0.2, 0.25) is 0 Å². The number of esters is 1. The van der Waals surface area contributed by atoms with E-state index in [2.05, 4.69) is 15.9 Å². The summed E-state index contributed by atoms with van der Waals surface area (Å²) in [6.07, 6.45) is 1.32. The van der Waals surface area contributed by atoms with Crippen LogP contribution in [0.3, 0.4) is 0 Å². The molecule has 0 spiro atoms. The highest BCUT2D eigenvalue weighted by Gasteiger charge is 2.14. The second kappa shape index (κ2) is 9.75. The summed E-state index contributed by atoms with van der Waals surface area (Å²) in [5, 5.41) is 8.93. The zero-order valence-electron chi connectivity index (χ0n) is 16.1. The number of halogens is 1. The van der Waals surface area contributed by atoms with Crippen LogP contribution in [0.4, 0.5) is 0 Å². The molecule has 2 N–H and O–H groups in total. The van der Waals surface area contributed by atoms with Crippen LogP contribution < -0.4 is 19.9 Å². The number of rotatable bonds is 7. The van der Waals surface area contributed by atoms with Crippen molar-refractivity contribution in [2.75, 3.05) is 13.7 Å². The monoisotopic (exact) mass is 458 g/mol. The number of hydrogen-bond acceptors (Lipinski definition) is 6. The minimum Gasteiger partial charge on any atom is -0.493 e. The summed E-state index contributed by atoms with van der Waals surface area (Å²) in [5.74, 6) is -0.390. The molecule has 0 fully saturated rings. The summed E-state index contributed by atoms with van der Waals surface area (Å²) >= 11 is 3.41. The average Bonchev–Trinajstić information content (AvgIpc) is 2.65. The Morgan fingerprint density at radius 3 is 2.38 bits per heavy atom. The lowest BCUT2D eigenvalue weighted by Crippen LogP contribution is -2.18. The molecule has 1 amide bonds. The standard InChI is InChI=1S/C21H19BrN2O5/c1-12-6-16(22)7-13(2)20(12)28-11-19(25)29-17-5-4-14(9-18(17)27-3)8-15(10-23)21(24)26/h4-9H,11H2,1-3H3,(H2,24,26)/b15-8+. The molecule has 2 aromatic carbocycles. The van der Waals surface area contributed by atoms with Crippen LogP contribution in [0.15, 0.2) is 40.4 Å². The second-order valence-corrected chi connectivity index (χ2v) is 6.99. The van der Waals surface area contributed by atoms with Gasteiger partial charge in [0.15, 0.2) is 18.1 Å². The van der Waals surface area contributed by atoms with Crippen molar-refractivity contribution in [2.24, 2.45) is 5.73 Å². The number of hydrogen-bond donors (Lipinski definition) is 1. The molecule has 150 valence electrons. The van der Waals surface area contributed by atoms with E-state index in [9.17, 15) is 9.59 Å². The lowest BCUT2D eigenvalue weighted by molar-refractivity contribution is -0.136. The van der Waals surface area contributed by atoms with Gasteiger partial charge in [-0.2, -0.15) is 5.26 Å². The molecule has 7 nitrogen and oxygen atoms in total. The number of benzene rings is 2. The van der Waals surface area contributed by atoms with E-state index in [0.29, 0.717) is 11.3 Å². The smallest absolute Gasteiger partial charge is 0.349 e. The Balaban J connectivity index is 2.12. The highest BCUT2D eigenvalue weighted by Crippen LogP contribution is 2.30. The summed E-state index contributed by atoms with van der Waals surface area (Å²) in [7, 11) is 1.41. The first-order valence-electron chi connectivity index (χ1n) is 8.45. The molecular formula is C21H19BrN2O5. The zero-order valence-corrected chi connectivity index (χ0v) is 17.7. The van der Waals surface area contributed by atoms with Crippen molar-refractivity contribution in [1.29, 1.82) is 5.26 Å². The maximum Gasteiger partial charge on any atom is 0.349 e. The van der Waals surface area contributed by atoms with Gasteiger partial charge < -0.3 is 19.9 Å². The Hall–Kier alpha value is -3.31. The van der Waals surface area contributed by atoms with Crippen LogP contribution >= 0.6 is 15.9 Å². The fourth-order valence-electron chi connectivity index (χ4n) is 2.59. The van der Waals surface area contributed by atoms with E-state index in [1.807, 2.05) is 26.0 Å². The molecule has 0 saturated carbocycles. The Labute approximate surface area is 176 Å². The number of amides is 1. The molecule has 0 atom stereocenters. The van der Waals surface area contributed by atoms with E-state index >= 15 is 0 Å². The third kappa shape index (κ3) is 5.83. The quantitative estimate of drug-likeness (QED) is 0.294. The molecule has 0 radical (unpaired) electrons. The van der Waals surface area contributed by atoms with Gasteiger partial charge in [-0.15, -0.1) is 0 Å². The summed E-state index contributed by atoms with van der Waals surface area (Å²) in [4.78, 5) is 23.4. The van der Waals surface area contributed by atoms with E-state index in [4.69, 9.17) is 25.2 Å². The Morgan fingerprint density at radius 1 is 1.17 bits per heavy atom. The van der Waals surface area contributed by atoms with Gasteiger partial charge in [-0.05, 0) is 60.9 Å². The van der Waals surface area contributed by atoms with Crippen LogP contribution in [0.2, 0.25) is 0 Å². The molecule has 8 heteroatoms. The van der Waals surface area contributed by atoms with Gasteiger partial charge >= 0.3 is 5.97 Å². The van der Waals surface area contributed by atoms with Crippen molar-refractivity contribution in [3.8, 4) is 23.3 Å². The van der Waals surface area contributed by atoms with Crippen LogP contribution in [-0.4, -0.2) is 25.6 Å². The molecule has 0 saturated heterocycles. The Bertz CT molecular complexity index is 1000. The third-order valence-corrected chi connectivity index (χ3v) is 4.33. The summed E-state index contributed by atoms with van der Waals surface area (Å²) in [5.41, 5.74) is 7.20. The maximum absolute atomic E-state index is 12.2. The Kier molecular flexibility index (Phi) is 7.39. The van der Waals surface area contributed by atoms with Crippen LogP contribution in [0, 0.1) is 25.2 Å². The maximum atomic E-state index is 12.2. The van der Waals surface area contributed by atoms with Crippen molar-refractivity contribution in [1.82, 2.24) is 0 Å². The highest BCUT2D eigenvalue weighted by molar-refractivity contribution is 9.10. The predicted octanol–water partition coefficient (Wildman–Crippen LogP) is 3.45. The number of carbonyl (C=O) groups excluding carboxylic acids is 2. The minimum absolute atomic E-state index is 0.181. The molecule has 2 aromatic rings. The van der Waals surface area contributed by atoms with Crippen LogP contribution in [-0.2, 0) is 9.59 Å². The van der Waals surface area contributed by atoms with Gasteiger partial charge in [-0.1, -0.05) is 22.0 Å². The lowest BCUT2D eigenvalue weighted by Gasteiger charge is -2.13. The van der Waals surface area contributed by atoms with Crippen molar-refractivity contribution >= 4 is 33.9 Å². The number of nitrogens with two attached hydrogens (primary N) is 1. The molecule has 29 heavy (non-hydrogen) atoms. The van der Waals surface area contributed by atoms with Gasteiger partial charge in [0.1, 0.15) is 17.4 Å². The van der Waals surface area contributed by atoms with E-state index in [0.717, 1.165) is 15.6 Å². The van der Waals surface area contributed by atoms with Gasteiger partial charge in [0, 0.05) is 4.47 Å². The summed E-state index contributed by atoms with van der Waals surface area (Å²) in [6, 6.07) is 10.1. The van der Waals surface area contributed by atoms with Gasteiger partial charge in [0.25, 0.3) is 5.91 Å². The number of primary amides is 1. The number of nitriles is 1. The van der Waals surface area contributed by atoms with E-state index < -0.39 is 11.9 Å². The van der Waals surface area contributed by atoms with Crippen LogP contribution in [0.1, 0.15) is 16.7 Å². The van der Waals surface area contributed by atoms with E-state index in [-0.39, 0.29) is 23.7 Å². The largest absolute Gasteiger partial charge is 0.493 e. The summed E-state index contributed by atoms with van der Waals surface area (Å²) < 4.78 is 17.1. The molecule has 0 aromatic heterocycles. The Morgan fingerprint density at radius 2 is 1.83 bits per heavy atom. The number of methoxy groups -OCH3 is 1. The number of ether oxygens (including phenoxy) is 3. The van der Waals surface area contributed by atoms with E-state index in [1.54, 1.807) is 12.1 Å². The predicted molar refractivity (Wildman–Crippen MR) is 111 cm³/mol. The van der Waals surface area contributed by atoms with Gasteiger partial charge in [0.05, 0.1) is 7.11 Å². The molecule has 0 bridgehead atoms. The first-order valence-corrected chi connectivity index (χ1v) is 9.24. The fourth-order valence-corrected chi connectivity index (χ4v) is 3.28. The molecule has 0 aliphatic carbocycles. The molecule has 0 aliphatic heterocycles. The van der Waals surface area contributed by atoms with E-state index in [1.165, 1.54) is 25.3 Å². The van der Waals surface area contributed by atoms with Crippen molar-refractivity contribution in [2.45, 2.75) is 13.8 Å². The number of nitrogens with zero attached hydrogens (tertiary/aromatic N) is 1. The normalized spacial score (nSPS) is 10.8. The third-order valence-electron chi connectivity index (χ3n) is 3.87. The molecular weight excluding hydrogens is 440 g/mol. The first kappa shape index (κ1) is 22.0. The minimum atomic E-state index is -0.836. The van der Waals surface area contributed by atoms with Gasteiger partial charge in [-0.25, -0.2) is 4.79 Å². The number of aryl methyl sites for hydroxylation is 2. The van der Waals surface area contributed by atoms with Crippen molar-refractivity contribution in [3.05, 3.63) is 57.1 Å². The molecule has 0 heterocycles. The second-order valence-electron chi connectivity index (χ2n) is 6.08. The van der Waals surface area contributed by atoms with Gasteiger partial charge in [-0.3, -0.25) is 4.79 Å². The number of carbonyl (C=O) groups is 2. The van der Waals surface area contributed by atoms with Crippen LogP contribution in [0.5, 0.6) is 17.2 Å². The first-order chi connectivity index (χ1) is 13.7. The zero-order chi connectivity index (χ0) is 21.6. The SMILES string of the molecule is COc1cc(/C=C(\C#N)C(N)=O)ccc1OC(=O)COc1c(C)cc(Br)cc1C. The topological polar surface area (TPSA) is 112 Å². The molecule has 0 unspecified atom stereocenters. The highest BCUT2D eigenvalue weighted by atomic mass is 79.9. The van der Waals surface area contributed by atoms with Crippen LogP contribution in [0.25, 0.3) is 6.08 Å².